The molecule has 2 saturated heterocycles. The molecule has 0 aliphatic carbocycles. The molecule has 0 saturated carbocycles. The van der Waals surface area contributed by atoms with Crippen molar-refractivity contribution in [2.75, 3.05) is 31.1 Å². The molecule has 2 aliphatic heterocycles. The number of carbonyl (C=O) groups is 1. The van der Waals surface area contributed by atoms with Crippen LogP contribution < -0.4 is 10.6 Å². The molecule has 104 valence electrons. The molecule has 2 fully saturated rings. The third-order valence-corrected chi connectivity index (χ3v) is 5.66. The first kappa shape index (κ1) is 14.2. The summed E-state index contributed by atoms with van der Waals surface area (Å²) in [4.78, 5) is 12.4. The summed E-state index contributed by atoms with van der Waals surface area (Å²) >= 11 is 2.04. The maximum Gasteiger partial charge on any atom is 0.226 e. The predicted molar refractivity (Wildman–Crippen MR) is 77.9 cm³/mol. The van der Waals surface area contributed by atoms with Crippen molar-refractivity contribution in [3.8, 4) is 0 Å². The summed E-state index contributed by atoms with van der Waals surface area (Å²) in [6, 6.07) is 0. The fraction of sp³-hybridized carbons (Fsp3) is 0.929. The Morgan fingerprint density at radius 2 is 2.00 bits per heavy atom. The second kappa shape index (κ2) is 6.80. The lowest BCUT2D eigenvalue weighted by Crippen LogP contribution is -2.48. The van der Waals surface area contributed by atoms with Gasteiger partial charge in [-0.05, 0) is 62.6 Å². The first-order valence-corrected chi connectivity index (χ1v) is 8.49. The van der Waals surface area contributed by atoms with Crippen LogP contribution in [0.2, 0.25) is 0 Å². The van der Waals surface area contributed by atoms with Crippen LogP contribution in [0.5, 0.6) is 0 Å². The van der Waals surface area contributed by atoms with Crippen molar-refractivity contribution in [2.45, 2.75) is 39.0 Å². The molecule has 0 unspecified atom stereocenters. The zero-order chi connectivity index (χ0) is 12.8. The van der Waals surface area contributed by atoms with E-state index in [0.29, 0.717) is 11.8 Å². The number of piperidine rings is 1. The van der Waals surface area contributed by atoms with E-state index in [-0.39, 0.29) is 5.41 Å². The summed E-state index contributed by atoms with van der Waals surface area (Å²) in [7, 11) is 0. The Balaban J connectivity index is 1.81. The third kappa shape index (κ3) is 3.41. The van der Waals surface area contributed by atoms with E-state index in [1.54, 1.807) is 0 Å². The quantitative estimate of drug-likeness (QED) is 0.821. The highest BCUT2D eigenvalue weighted by molar-refractivity contribution is 7.99. The summed E-state index contributed by atoms with van der Waals surface area (Å²) in [5.74, 6) is 3.56. The van der Waals surface area contributed by atoms with Crippen molar-refractivity contribution >= 4 is 17.7 Å². The van der Waals surface area contributed by atoms with Gasteiger partial charge in [-0.2, -0.15) is 11.8 Å². The van der Waals surface area contributed by atoms with Crippen LogP contribution in [0.15, 0.2) is 0 Å². The zero-order valence-corrected chi connectivity index (χ0v) is 12.3. The molecule has 0 aromatic carbocycles. The van der Waals surface area contributed by atoms with Crippen molar-refractivity contribution in [2.24, 2.45) is 11.3 Å². The maximum atomic E-state index is 12.4. The van der Waals surface area contributed by atoms with Crippen LogP contribution in [-0.4, -0.2) is 37.0 Å². The average Bonchev–Trinajstić information content (AvgIpc) is 2.46. The van der Waals surface area contributed by atoms with Gasteiger partial charge >= 0.3 is 0 Å². The Labute approximate surface area is 115 Å². The van der Waals surface area contributed by atoms with Gasteiger partial charge in [-0.25, -0.2) is 0 Å². The molecule has 2 heterocycles. The van der Waals surface area contributed by atoms with Gasteiger partial charge in [-0.15, -0.1) is 0 Å². The average molecular weight is 270 g/mol. The van der Waals surface area contributed by atoms with Gasteiger partial charge in [0.25, 0.3) is 0 Å². The van der Waals surface area contributed by atoms with Gasteiger partial charge in [0.05, 0.1) is 5.41 Å². The zero-order valence-electron chi connectivity index (χ0n) is 11.5. The monoisotopic (exact) mass is 270 g/mol. The molecule has 0 bridgehead atoms. The van der Waals surface area contributed by atoms with E-state index in [2.05, 4.69) is 17.6 Å². The molecular weight excluding hydrogens is 244 g/mol. The lowest BCUT2D eigenvalue weighted by atomic mass is 9.76. The molecular formula is C14H26N2OS. The predicted octanol–water partition coefficient (Wildman–Crippen LogP) is 2.03. The van der Waals surface area contributed by atoms with Crippen molar-refractivity contribution < 1.29 is 4.79 Å². The van der Waals surface area contributed by atoms with Crippen LogP contribution in [0.4, 0.5) is 0 Å². The van der Waals surface area contributed by atoms with Crippen LogP contribution in [0.3, 0.4) is 0 Å². The minimum atomic E-state index is -0.0886. The normalized spacial score (nSPS) is 24.7. The highest BCUT2D eigenvalue weighted by atomic mass is 32.2. The van der Waals surface area contributed by atoms with Crippen LogP contribution in [0.25, 0.3) is 0 Å². The molecule has 3 nitrogen and oxygen atoms in total. The summed E-state index contributed by atoms with van der Waals surface area (Å²) in [6.07, 6.45) is 5.50. The van der Waals surface area contributed by atoms with Crippen molar-refractivity contribution in [1.29, 1.82) is 0 Å². The Kier molecular flexibility index (Phi) is 5.37. The van der Waals surface area contributed by atoms with E-state index in [1.807, 2.05) is 11.8 Å². The van der Waals surface area contributed by atoms with Crippen LogP contribution in [0, 0.1) is 11.3 Å². The number of rotatable bonds is 4. The van der Waals surface area contributed by atoms with Gasteiger partial charge in [0, 0.05) is 6.54 Å². The lowest BCUT2D eigenvalue weighted by Gasteiger charge is -2.36. The SMILES string of the molecule is CCC1(C(=O)NCC2CCSCC2)CCNCC1. The highest BCUT2D eigenvalue weighted by Gasteiger charge is 2.37. The minimum Gasteiger partial charge on any atom is -0.355 e. The van der Waals surface area contributed by atoms with Crippen LogP contribution >= 0.6 is 11.8 Å². The third-order valence-electron chi connectivity index (χ3n) is 4.61. The van der Waals surface area contributed by atoms with E-state index in [4.69, 9.17) is 0 Å². The summed E-state index contributed by atoms with van der Waals surface area (Å²) in [6.45, 7) is 5.03. The second-order valence-corrected chi connectivity index (χ2v) is 6.87. The number of nitrogens with one attached hydrogen (secondary N) is 2. The summed E-state index contributed by atoms with van der Waals surface area (Å²) < 4.78 is 0. The van der Waals surface area contributed by atoms with Gasteiger partial charge in [0.1, 0.15) is 0 Å². The molecule has 0 spiro atoms. The topological polar surface area (TPSA) is 41.1 Å². The molecule has 18 heavy (non-hydrogen) atoms. The van der Waals surface area contributed by atoms with Crippen molar-refractivity contribution in [3.05, 3.63) is 0 Å². The Bertz CT molecular complexity index is 271. The molecule has 1 amide bonds. The number of carbonyl (C=O) groups excluding carboxylic acids is 1. The maximum absolute atomic E-state index is 12.4. The Hall–Kier alpha value is -0.220. The van der Waals surface area contributed by atoms with Crippen molar-refractivity contribution in [3.63, 3.8) is 0 Å². The van der Waals surface area contributed by atoms with E-state index in [1.165, 1.54) is 24.3 Å². The van der Waals surface area contributed by atoms with Gasteiger partial charge in [0.15, 0.2) is 0 Å². The molecule has 2 rings (SSSR count). The fourth-order valence-corrected chi connectivity index (χ4v) is 4.23. The Morgan fingerprint density at radius 1 is 1.33 bits per heavy atom. The fourth-order valence-electron chi connectivity index (χ4n) is 3.02. The van der Waals surface area contributed by atoms with Gasteiger partial charge in [-0.3, -0.25) is 4.79 Å². The highest BCUT2D eigenvalue weighted by Crippen LogP contribution is 2.33. The largest absolute Gasteiger partial charge is 0.355 e. The standard InChI is InChI=1S/C14H26N2OS/c1-2-14(5-7-15-8-6-14)13(17)16-11-12-3-9-18-10-4-12/h12,15H,2-11H2,1H3,(H,16,17). The number of hydrogen-bond donors (Lipinski definition) is 2. The number of amides is 1. The molecule has 2 N–H and O–H groups in total. The van der Waals surface area contributed by atoms with Gasteiger partial charge in [-0.1, -0.05) is 6.92 Å². The smallest absolute Gasteiger partial charge is 0.226 e. The molecule has 2 aliphatic rings. The number of hydrogen-bond acceptors (Lipinski definition) is 3. The molecule has 0 atom stereocenters. The Morgan fingerprint density at radius 3 is 2.61 bits per heavy atom. The first-order chi connectivity index (χ1) is 8.77. The van der Waals surface area contributed by atoms with Gasteiger partial charge in [0.2, 0.25) is 5.91 Å². The summed E-state index contributed by atoms with van der Waals surface area (Å²) in [5.41, 5.74) is -0.0886. The molecule has 0 radical (unpaired) electrons. The summed E-state index contributed by atoms with van der Waals surface area (Å²) in [5, 5.41) is 6.59. The van der Waals surface area contributed by atoms with Gasteiger partial charge < -0.3 is 10.6 Å². The van der Waals surface area contributed by atoms with Crippen molar-refractivity contribution in [1.82, 2.24) is 10.6 Å². The molecule has 0 aromatic rings. The first-order valence-electron chi connectivity index (χ1n) is 7.33. The van der Waals surface area contributed by atoms with E-state index < -0.39 is 0 Å². The van der Waals surface area contributed by atoms with Crippen LogP contribution in [-0.2, 0) is 4.79 Å². The van der Waals surface area contributed by atoms with Crippen LogP contribution in [0.1, 0.15) is 39.0 Å². The second-order valence-electron chi connectivity index (χ2n) is 5.65. The minimum absolute atomic E-state index is 0.0886. The molecule has 4 heteroatoms. The lowest BCUT2D eigenvalue weighted by molar-refractivity contribution is -0.133. The van der Waals surface area contributed by atoms with E-state index in [0.717, 1.165) is 38.9 Å². The molecule has 0 aromatic heterocycles. The van der Waals surface area contributed by atoms with E-state index >= 15 is 0 Å². The van der Waals surface area contributed by atoms with E-state index in [9.17, 15) is 4.79 Å². The number of thioether (sulfide) groups is 1.